The van der Waals surface area contributed by atoms with Gasteiger partial charge in [0.05, 0.1) is 29.1 Å². The third-order valence-corrected chi connectivity index (χ3v) is 6.51. The molecule has 0 spiro atoms. The number of halogens is 1. The minimum atomic E-state index is -0.671. The number of fused-ring (bicyclic) bond motifs is 1. The van der Waals surface area contributed by atoms with Gasteiger partial charge < -0.3 is 4.74 Å². The van der Waals surface area contributed by atoms with E-state index in [1.165, 1.54) is 23.0 Å². The van der Waals surface area contributed by atoms with Gasteiger partial charge >= 0.3 is 5.97 Å². The van der Waals surface area contributed by atoms with Crippen LogP contribution in [0.3, 0.4) is 0 Å². The Balaban J connectivity index is 2.02. The summed E-state index contributed by atoms with van der Waals surface area (Å²) in [6.45, 7) is 3.64. The van der Waals surface area contributed by atoms with Gasteiger partial charge in [0, 0.05) is 23.3 Å². The van der Waals surface area contributed by atoms with Gasteiger partial charge in [0.25, 0.3) is 5.56 Å². The molecule has 9 heteroatoms. The van der Waals surface area contributed by atoms with Crippen LogP contribution in [0.4, 0.5) is 0 Å². The third kappa shape index (κ3) is 3.22. The molecule has 0 radical (unpaired) electrons. The highest BCUT2D eigenvalue weighted by Crippen LogP contribution is 2.32. The average molecular weight is 443 g/mol. The fraction of sp³-hybridized carbons (Fsp3) is 0.238. The number of carbonyl (C=O) groups excluding carboxylic acids is 1. The van der Waals surface area contributed by atoms with E-state index in [-0.39, 0.29) is 5.56 Å². The van der Waals surface area contributed by atoms with Crippen LogP contribution in [0.1, 0.15) is 29.8 Å². The number of benzene rings is 1. The molecule has 0 bridgehead atoms. The summed E-state index contributed by atoms with van der Waals surface area (Å²) >= 11 is 7.53. The van der Waals surface area contributed by atoms with E-state index in [0.29, 0.717) is 25.6 Å². The van der Waals surface area contributed by atoms with Crippen molar-refractivity contribution < 1.29 is 9.53 Å². The summed E-state index contributed by atoms with van der Waals surface area (Å²) in [6, 6.07) is 6.63. The Morgan fingerprint density at radius 3 is 2.67 bits per heavy atom. The minimum Gasteiger partial charge on any atom is -0.466 e. The van der Waals surface area contributed by atoms with Crippen molar-refractivity contribution >= 4 is 35.0 Å². The molecule has 1 aromatic carbocycles. The summed E-state index contributed by atoms with van der Waals surface area (Å²) in [5, 5.41) is 4.85. The van der Waals surface area contributed by atoms with E-state index in [0.717, 1.165) is 16.8 Å². The van der Waals surface area contributed by atoms with E-state index in [2.05, 4.69) is 10.1 Å². The number of ether oxygens (including phenoxy) is 1. The average Bonchev–Trinajstić information content (AvgIpc) is 3.21. The Labute approximate surface area is 181 Å². The molecule has 0 fully saturated rings. The smallest absolute Gasteiger partial charge is 0.338 e. The second kappa shape index (κ2) is 7.70. The summed E-state index contributed by atoms with van der Waals surface area (Å²) in [6.07, 6.45) is 3.42. The Hall–Kier alpha value is -2.97. The molecule has 0 unspecified atom stereocenters. The van der Waals surface area contributed by atoms with Crippen LogP contribution < -0.4 is 14.9 Å². The van der Waals surface area contributed by atoms with Crippen LogP contribution in [0.5, 0.6) is 0 Å². The summed E-state index contributed by atoms with van der Waals surface area (Å²) in [5.74, 6) is -0.523. The number of thiazole rings is 1. The van der Waals surface area contributed by atoms with Gasteiger partial charge in [0.15, 0.2) is 4.80 Å². The monoisotopic (exact) mass is 442 g/mol. The zero-order chi connectivity index (χ0) is 21.6. The molecule has 2 aromatic heterocycles. The highest BCUT2D eigenvalue weighted by atomic mass is 35.5. The first-order valence-corrected chi connectivity index (χ1v) is 10.4. The normalized spacial score (nSPS) is 16.4. The predicted molar refractivity (Wildman–Crippen MR) is 115 cm³/mol. The Bertz CT molecular complexity index is 1380. The van der Waals surface area contributed by atoms with E-state index in [1.54, 1.807) is 29.9 Å². The molecule has 1 aliphatic heterocycles. The van der Waals surface area contributed by atoms with Gasteiger partial charge in [-0.15, -0.1) is 0 Å². The van der Waals surface area contributed by atoms with E-state index in [9.17, 15) is 9.59 Å². The van der Waals surface area contributed by atoms with Gasteiger partial charge in [-0.05, 0) is 31.6 Å². The molecule has 7 nitrogen and oxygen atoms in total. The highest BCUT2D eigenvalue weighted by Gasteiger charge is 2.34. The number of esters is 1. The number of rotatable bonds is 3. The quantitative estimate of drug-likeness (QED) is 0.582. The lowest BCUT2D eigenvalue weighted by Crippen LogP contribution is -2.40. The molecule has 1 aliphatic rings. The van der Waals surface area contributed by atoms with Crippen LogP contribution in [-0.2, 0) is 16.6 Å². The lowest BCUT2D eigenvalue weighted by Gasteiger charge is -2.23. The SMILES string of the molecule is COC(=O)C1=C(C)N=c2s/c(=C/c3ccccc3Cl)c(=O)n2[C@@H]1c1cnn(C)c1C. The zero-order valence-electron chi connectivity index (χ0n) is 16.8. The van der Waals surface area contributed by atoms with Crippen molar-refractivity contribution in [3.63, 3.8) is 0 Å². The lowest BCUT2D eigenvalue weighted by atomic mass is 9.96. The number of carbonyl (C=O) groups is 1. The predicted octanol–water partition coefficient (Wildman–Crippen LogP) is 2.10. The summed E-state index contributed by atoms with van der Waals surface area (Å²) in [5.41, 5.74) is 2.92. The van der Waals surface area contributed by atoms with Crippen LogP contribution in [0, 0.1) is 6.92 Å². The standard InChI is InChI=1S/C21H19ClN4O3S/c1-11-17(20(28)29-4)18(14-10-23-25(3)12(14)2)26-19(27)16(30-21(26)24-11)9-13-7-5-6-8-15(13)22/h5-10,18H,1-4H3/b16-9+/t18-/m1/s1. The lowest BCUT2D eigenvalue weighted by molar-refractivity contribution is -0.136. The van der Waals surface area contributed by atoms with Crippen LogP contribution >= 0.6 is 22.9 Å². The molecule has 154 valence electrons. The highest BCUT2D eigenvalue weighted by molar-refractivity contribution is 7.07. The van der Waals surface area contributed by atoms with Crippen molar-refractivity contribution in [1.82, 2.24) is 14.3 Å². The molecule has 4 rings (SSSR count). The number of hydrogen-bond acceptors (Lipinski definition) is 6. The molecule has 0 amide bonds. The molecular weight excluding hydrogens is 424 g/mol. The molecule has 0 saturated heterocycles. The van der Waals surface area contributed by atoms with Gasteiger partial charge in [-0.2, -0.15) is 5.10 Å². The van der Waals surface area contributed by atoms with Crippen molar-refractivity contribution in [3.8, 4) is 0 Å². The summed E-state index contributed by atoms with van der Waals surface area (Å²) in [7, 11) is 3.13. The summed E-state index contributed by atoms with van der Waals surface area (Å²) in [4.78, 5) is 31.1. The second-order valence-electron chi connectivity index (χ2n) is 6.90. The van der Waals surface area contributed by atoms with E-state index in [4.69, 9.17) is 16.3 Å². The number of nitrogens with zero attached hydrogens (tertiary/aromatic N) is 4. The first-order chi connectivity index (χ1) is 14.3. The number of methoxy groups -OCH3 is 1. The van der Waals surface area contributed by atoms with Gasteiger partial charge in [-0.1, -0.05) is 41.1 Å². The van der Waals surface area contributed by atoms with E-state index < -0.39 is 12.0 Å². The number of aryl methyl sites for hydroxylation is 1. The van der Waals surface area contributed by atoms with Crippen molar-refractivity contribution in [3.05, 3.63) is 83.3 Å². The third-order valence-electron chi connectivity index (χ3n) is 5.19. The van der Waals surface area contributed by atoms with E-state index in [1.807, 2.05) is 32.2 Å². The summed E-state index contributed by atoms with van der Waals surface area (Å²) < 4.78 is 8.74. The van der Waals surface area contributed by atoms with Crippen LogP contribution in [0.25, 0.3) is 6.08 Å². The first kappa shape index (κ1) is 20.3. The fourth-order valence-electron chi connectivity index (χ4n) is 3.50. The number of aromatic nitrogens is 3. The molecule has 0 N–H and O–H groups in total. The van der Waals surface area contributed by atoms with Gasteiger partial charge in [-0.25, -0.2) is 9.79 Å². The maximum absolute atomic E-state index is 13.4. The zero-order valence-corrected chi connectivity index (χ0v) is 18.4. The fourth-order valence-corrected chi connectivity index (χ4v) is 4.73. The van der Waals surface area contributed by atoms with E-state index >= 15 is 0 Å². The molecule has 1 atom stereocenters. The Morgan fingerprint density at radius 2 is 2.03 bits per heavy atom. The van der Waals surface area contributed by atoms with Crippen LogP contribution in [0.2, 0.25) is 5.02 Å². The number of allylic oxidation sites excluding steroid dienone is 1. The number of hydrogen-bond donors (Lipinski definition) is 0. The maximum atomic E-state index is 13.4. The molecule has 3 aromatic rings. The van der Waals surface area contributed by atoms with Gasteiger partial charge in [0.1, 0.15) is 6.04 Å². The van der Waals surface area contributed by atoms with Crippen molar-refractivity contribution in [2.75, 3.05) is 7.11 Å². The molecule has 0 saturated carbocycles. The van der Waals surface area contributed by atoms with Crippen molar-refractivity contribution in [2.45, 2.75) is 19.9 Å². The maximum Gasteiger partial charge on any atom is 0.338 e. The Morgan fingerprint density at radius 1 is 1.30 bits per heavy atom. The Kier molecular flexibility index (Phi) is 5.21. The van der Waals surface area contributed by atoms with Gasteiger partial charge in [-0.3, -0.25) is 14.0 Å². The topological polar surface area (TPSA) is 78.5 Å². The van der Waals surface area contributed by atoms with Crippen LogP contribution in [0.15, 0.2) is 51.5 Å². The minimum absolute atomic E-state index is 0.249. The molecular formula is C21H19ClN4O3S. The van der Waals surface area contributed by atoms with Crippen LogP contribution in [-0.4, -0.2) is 27.4 Å². The van der Waals surface area contributed by atoms with Gasteiger partial charge in [0.2, 0.25) is 0 Å². The second-order valence-corrected chi connectivity index (χ2v) is 8.32. The molecule has 3 heterocycles. The molecule has 30 heavy (non-hydrogen) atoms. The van der Waals surface area contributed by atoms with Crippen molar-refractivity contribution in [2.24, 2.45) is 12.0 Å². The largest absolute Gasteiger partial charge is 0.466 e. The molecule has 0 aliphatic carbocycles. The first-order valence-electron chi connectivity index (χ1n) is 9.17. The van der Waals surface area contributed by atoms with Crippen molar-refractivity contribution in [1.29, 1.82) is 0 Å².